The molecular formula is C19H28N2O6. The number of nitrogens with one attached hydrogen (secondary N) is 2. The molecule has 0 aromatic heterocycles. The standard InChI is InChI=1S/C19H28N2O6/c1-19(2,3)26-18(24)21-27-16(22)12-8-5-9-13-20-17(23)25-14-15-10-6-4-7-11-15/h4,6-7,10-11H,5,8-9,12-14H2,1-3H3,(H,20,23)(H,21,24). The van der Waals surface area contributed by atoms with Gasteiger partial charge < -0.3 is 19.6 Å². The van der Waals surface area contributed by atoms with Crippen molar-refractivity contribution in [2.24, 2.45) is 0 Å². The summed E-state index contributed by atoms with van der Waals surface area (Å²) in [5.74, 6) is -0.545. The molecule has 2 amide bonds. The highest BCUT2D eigenvalue weighted by Gasteiger charge is 2.17. The number of amides is 2. The average molecular weight is 380 g/mol. The Kier molecular flexibility index (Phi) is 9.71. The lowest BCUT2D eigenvalue weighted by Gasteiger charge is -2.19. The van der Waals surface area contributed by atoms with Gasteiger partial charge in [-0.3, -0.25) is 0 Å². The van der Waals surface area contributed by atoms with Gasteiger partial charge in [0.05, 0.1) is 0 Å². The predicted octanol–water partition coefficient (Wildman–Crippen LogP) is 3.46. The van der Waals surface area contributed by atoms with Gasteiger partial charge in [0.25, 0.3) is 0 Å². The van der Waals surface area contributed by atoms with Gasteiger partial charge in [-0.25, -0.2) is 14.4 Å². The second kappa shape index (κ2) is 11.8. The van der Waals surface area contributed by atoms with Crippen molar-refractivity contribution < 1.29 is 28.7 Å². The third-order valence-electron chi connectivity index (χ3n) is 3.19. The van der Waals surface area contributed by atoms with Crippen LogP contribution in [0.1, 0.15) is 52.0 Å². The predicted molar refractivity (Wildman–Crippen MR) is 98.6 cm³/mol. The molecule has 0 saturated carbocycles. The van der Waals surface area contributed by atoms with Crippen molar-refractivity contribution in [1.82, 2.24) is 10.8 Å². The molecule has 0 spiro atoms. The van der Waals surface area contributed by atoms with Gasteiger partial charge in [-0.2, -0.15) is 0 Å². The van der Waals surface area contributed by atoms with Crippen LogP contribution in [0.25, 0.3) is 0 Å². The number of hydrogen-bond acceptors (Lipinski definition) is 6. The molecule has 0 radical (unpaired) electrons. The normalized spacial score (nSPS) is 10.6. The first-order valence-corrected chi connectivity index (χ1v) is 8.89. The summed E-state index contributed by atoms with van der Waals surface area (Å²) in [6.07, 6.45) is 0.881. The molecule has 0 atom stereocenters. The lowest BCUT2D eigenvalue weighted by atomic mass is 10.2. The third kappa shape index (κ3) is 12.3. The topological polar surface area (TPSA) is 103 Å². The van der Waals surface area contributed by atoms with E-state index in [-0.39, 0.29) is 13.0 Å². The van der Waals surface area contributed by atoms with E-state index in [9.17, 15) is 14.4 Å². The Bertz CT molecular complexity index is 598. The van der Waals surface area contributed by atoms with E-state index < -0.39 is 23.8 Å². The van der Waals surface area contributed by atoms with Crippen LogP contribution in [0.15, 0.2) is 30.3 Å². The quantitative estimate of drug-likeness (QED) is 0.407. The van der Waals surface area contributed by atoms with E-state index in [1.807, 2.05) is 35.8 Å². The molecule has 27 heavy (non-hydrogen) atoms. The summed E-state index contributed by atoms with van der Waals surface area (Å²) in [5, 5.41) is 2.65. The Morgan fingerprint density at radius 2 is 1.67 bits per heavy atom. The molecule has 8 heteroatoms. The smallest absolute Gasteiger partial charge is 0.441 e. The first kappa shape index (κ1) is 22.3. The van der Waals surface area contributed by atoms with Gasteiger partial charge in [0.15, 0.2) is 0 Å². The minimum Gasteiger partial charge on any atom is -0.445 e. The van der Waals surface area contributed by atoms with E-state index in [1.165, 1.54) is 0 Å². The van der Waals surface area contributed by atoms with Crippen molar-refractivity contribution in [2.75, 3.05) is 6.54 Å². The van der Waals surface area contributed by atoms with Crippen LogP contribution in [0.5, 0.6) is 0 Å². The number of unbranched alkanes of at least 4 members (excludes halogenated alkanes) is 2. The van der Waals surface area contributed by atoms with E-state index in [1.54, 1.807) is 20.8 Å². The first-order valence-electron chi connectivity index (χ1n) is 8.89. The van der Waals surface area contributed by atoms with E-state index in [2.05, 4.69) is 10.2 Å². The number of carbonyl (C=O) groups excluding carboxylic acids is 3. The number of hydroxylamine groups is 1. The van der Waals surface area contributed by atoms with E-state index >= 15 is 0 Å². The maximum atomic E-state index is 11.5. The molecule has 0 saturated heterocycles. The fourth-order valence-electron chi connectivity index (χ4n) is 1.98. The highest BCUT2D eigenvalue weighted by atomic mass is 16.7. The maximum Gasteiger partial charge on any atom is 0.441 e. The molecule has 150 valence electrons. The van der Waals surface area contributed by atoms with Crippen LogP contribution in [0.3, 0.4) is 0 Å². The second-order valence-electron chi connectivity index (χ2n) is 6.88. The summed E-state index contributed by atoms with van der Waals surface area (Å²) < 4.78 is 10.0. The number of ether oxygens (including phenoxy) is 2. The SMILES string of the molecule is CC(C)(C)OC(=O)NOC(=O)CCCCCNC(=O)OCc1ccccc1. The summed E-state index contributed by atoms with van der Waals surface area (Å²) in [4.78, 5) is 39.0. The van der Waals surface area contributed by atoms with Crippen molar-refractivity contribution in [3.8, 4) is 0 Å². The number of rotatable bonds is 8. The zero-order valence-electron chi connectivity index (χ0n) is 16.1. The number of hydrogen-bond donors (Lipinski definition) is 2. The van der Waals surface area contributed by atoms with Crippen LogP contribution in [0.2, 0.25) is 0 Å². The van der Waals surface area contributed by atoms with Gasteiger partial charge >= 0.3 is 18.2 Å². The fourth-order valence-corrected chi connectivity index (χ4v) is 1.98. The molecule has 1 aromatic rings. The van der Waals surface area contributed by atoms with Gasteiger partial charge in [-0.1, -0.05) is 36.8 Å². The van der Waals surface area contributed by atoms with Crippen LogP contribution >= 0.6 is 0 Å². The zero-order chi connectivity index (χ0) is 20.1. The molecule has 0 aliphatic heterocycles. The molecule has 8 nitrogen and oxygen atoms in total. The van der Waals surface area contributed by atoms with E-state index in [0.29, 0.717) is 19.4 Å². The third-order valence-corrected chi connectivity index (χ3v) is 3.19. The van der Waals surface area contributed by atoms with Crippen LogP contribution in [0.4, 0.5) is 9.59 Å². The lowest BCUT2D eigenvalue weighted by molar-refractivity contribution is -0.150. The molecule has 1 aromatic carbocycles. The summed E-state index contributed by atoms with van der Waals surface area (Å²) in [7, 11) is 0. The summed E-state index contributed by atoms with van der Waals surface area (Å²) >= 11 is 0. The zero-order valence-corrected chi connectivity index (χ0v) is 16.1. The van der Waals surface area contributed by atoms with Crippen molar-refractivity contribution in [1.29, 1.82) is 0 Å². The van der Waals surface area contributed by atoms with Crippen LogP contribution in [0, 0.1) is 0 Å². The highest BCUT2D eigenvalue weighted by molar-refractivity contribution is 5.73. The lowest BCUT2D eigenvalue weighted by Crippen LogP contribution is -2.34. The maximum absolute atomic E-state index is 11.5. The summed E-state index contributed by atoms with van der Waals surface area (Å²) in [5.41, 5.74) is 2.21. The van der Waals surface area contributed by atoms with Gasteiger partial charge in [0.2, 0.25) is 0 Å². The molecule has 0 aliphatic carbocycles. The Labute approximate surface area is 159 Å². The van der Waals surface area contributed by atoms with Crippen LogP contribution < -0.4 is 10.8 Å². The molecule has 0 fully saturated rings. The van der Waals surface area contributed by atoms with Crippen molar-refractivity contribution in [3.63, 3.8) is 0 Å². The Balaban J connectivity index is 1.99. The second-order valence-corrected chi connectivity index (χ2v) is 6.88. The Morgan fingerprint density at radius 1 is 0.963 bits per heavy atom. The van der Waals surface area contributed by atoms with Crippen LogP contribution in [-0.2, 0) is 25.7 Å². The van der Waals surface area contributed by atoms with Crippen molar-refractivity contribution in [3.05, 3.63) is 35.9 Å². The average Bonchev–Trinajstić information content (AvgIpc) is 2.60. The van der Waals surface area contributed by atoms with Gasteiger partial charge in [-0.05, 0) is 39.2 Å². The molecule has 0 heterocycles. The van der Waals surface area contributed by atoms with Gasteiger partial charge in [0, 0.05) is 13.0 Å². The number of alkyl carbamates (subject to hydrolysis) is 1. The van der Waals surface area contributed by atoms with Gasteiger partial charge in [-0.15, -0.1) is 5.48 Å². The molecule has 0 aliphatic rings. The molecular weight excluding hydrogens is 352 g/mol. The minimum absolute atomic E-state index is 0.161. The largest absolute Gasteiger partial charge is 0.445 e. The van der Waals surface area contributed by atoms with Crippen LogP contribution in [-0.4, -0.2) is 30.3 Å². The van der Waals surface area contributed by atoms with E-state index in [0.717, 1.165) is 12.0 Å². The minimum atomic E-state index is -0.811. The number of benzene rings is 1. The molecule has 0 unspecified atom stereocenters. The highest BCUT2D eigenvalue weighted by Crippen LogP contribution is 2.06. The summed E-state index contributed by atoms with van der Waals surface area (Å²) in [6, 6.07) is 9.41. The monoisotopic (exact) mass is 380 g/mol. The van der Waals surface area contributed by atoms with Crippen molar-refractivity contribution >= 4 is 18.2 Å². The van der Waals surface area contributed by atoms with Gasteiger partial charge in [0.1, 0.15) is 12.2 Å². The molecule has 1 rings (SSSR count). The first-order chi connectivity index (χ1) is 12.8. The Hall–Kier alpha value is -2.77. The Morgan fingerprint density at radius 3 is 2.33 bits per heavy atom. The van der Waals surface area contributed by atoms with Crippen molar-refractivity contribution in [2.45, 2.75) is 58.7 Å². The summed E-state index contributed by atoms with van der Waals surface area (Å²) in [6.45, 7) is 5.81. The number of carbonyl (C=O) groups is 3. The van der Waals surface area contributed by atoms with E-state index in [4.69, 9.17) is 9.47 Å². The molecule has 0 bridgehead atoms. The fraction of sp³-hybridized carbons (Fsp3) is 0.526. The molecule has 2 N–H and O–H groups in total.